The number of carboxylic acid groups (broad SMARTS) is 1. The van der Waals surface area contributed by atoms with Gasteiger partial charge in [-0.3, -0.25) is 77.1 Å². The van der Waals surface area contributed by atoms with E-state index in [1.807, 2.05) is 0 Å². The van der Waals surface area contributed by atoms with Crippen molar-refractivity contribution in [2.75, 3.05) is 52.4 Å². The Morgan fingerprint density at radius 2 is 0.845 bits per heavy atom. The molecule has 0 aliphatic heterocycles. The molecule has 40 heteroatoms. The topological polar surface area (TPSA) is 677 Å². The van der Waals surface area contributed by atoms with Crippen LogP contribution in [0.2, 0.25) is 0 Å². The minimum atomic E-state index is -1.78. The Bertz CT molecular complexity index is 3160. The first-order valence-corrected chi connectivity index (χ1v) is 33.0. The number of nitrogens with two attached hydrogens (primary N) is 8. The standard InChI is InChI=1S/C61H99FN22O15.C2H4O2/c1-33(76-47(88)31-75-59(99)49(35(3)86)84-57(97)44(28-37-19-21-38(62)22-20-37)78-48(89)30-73-46(87)29-74-53(93)39(65)27-36-13-5-4-6-14-36)51(91)80-43(18-12-26-72-61(69)70)55(95)82-41(16-8-10-24-64)56(96)83-45(32-85)58(98)77-34(2)52(92)81-42(17-11-25-71-60(67)68)54(94)79-40(50(66)90)15-7-9-23-63;1-2(3)4/h4-6,13-14,19-22,33-35,39-45,49,85-86H,7-12,15-18,23-32,63-65H2,1-3H3,(H2,66,90)(H,73,87)(H,74,93)(H,75,99)(H,76,88)(H,77,98)(H,78,89)(H,79,94)(H,80,91)(H,81,92)(H,82,95)(H,83,96)(H,84,97)(H4,67,68,71)(H4,69,70,72);1H3,(H,3,4). The number of hydrogen-bond acceptors (Lipinski definition) is 21. The number of aliphatic hydroxyl groups is 2. The summed E-state index contributed by atoms with van der Waals surface area (Å²) in [7, 11) is 0. The number of guanidine groups is 2. The van der Waals surface area contributed by atoms with E-state index in [-0.39, 0.29) is 89.3 Å². The first kappa shape index (κ1) is 90.3. The quantitative estimate of drug-likeness (QED) is 0.0166. The highest BCUT2D eigenvalue weighted by Gasteiger charge is 2.35. The summed E-state index contributed by atoms with van der Waals surface area (Å²) in [5, 5.41) is 57.2. The number of halogens is 1. The van der Waals surface area contributed by atoms with Crippen LogP contribution in [0.5, 0.6) is 0 Å². The van der Waals surface area contributed by atoms with Crippen molar-refractivity contribution in [1.29, 1.82) is 0 Å². The van der Waals surface area contributed by atoms with Crippen molar-refractivity contribution in [2.24, 2.45) is 55.9 Å². The Kier molecular flexibility index (Phi) is 43.6. The van der Waals surface area contributed by atoms with Gasteiger partial charge >= 0.3 is 0 Å². The van der Waals surface area contributed by atoms with Crippen LogP contribution in [-0.4, -0.2) is 229 Å². The van der Waals surface area contributed by atoms with Crippen molar-refractivity contribution >= 4 is 94.7 Å². The fourth-order valence-electron chi connectivity index (χ4n) is 9.17. The van der Waals surface area contributed by atoms with Gasteiger partial charge in [-0.1, -0.05) is 42.5 Å². The summed E-state index contributed by atoms with van der Waals surface area (Å²) >= 11 is 0. The molecule has 0 aliphatic carbocycles. The average Bonchev–Trinajstić information content (AvgIpc) is 0.869. The van der Waals surface area contributed by atoms with E-state index in [9.17, 15) is 76.9 Å². The molecule has 0 fully saturated rings. The zero-order chi connectivity index (χ0) is 77.7. The van der Waals surface area contributed by atoms with Crippen molar-refractivity contribution in [3.8, 4) is 0 Å². The van der Waals surface area contributed by atoms with Gasteiger partial charge in [0, 0.05) is 26.4 Å². The number of aliphatic carboxylic acids is 1. The minimum Gasteiger partial charge on any atom is -0.481 e. The molecule has 103 heavy (non-hydrogen) atoms. The monoisotopic (exact) mass is 1460 g/mol. The third-order valence-corrected chi connectivity index (χ3v) is 14.7. The summed E-state index contributed by atoms with van der Waals surface area (Å²) < 4.78 is 13.8. The van der Waals surface area contributed by atoms with Crippen molar-refractivity contribution in [1.82, 2.24) is 63.8 Å². The van der Waals surface area contributed by atoms with Crippen molar-refractivity contribution in [3.05, 3.63) is 71.5 Å². The molecule has 0 aromatic heterocycles. The van der Waals surface area contributed by atoms with E-state index in [0.717, 1.165) is 31.5 Å². The lowest BCUT2D eigenvalue weighted by Gasteiger charge is -2.26. The smallest absolute Gasteiger partial charge is 0.300 e. The molecule has 0 heterocycles. The summed E-state index contributed by atoms with van der Waals surface area (Å²) in [4.78, 5) is 190. The first-order chi connectivity index (χ1) is 48.6. The zero-order valence-electron chi connectivity index (χ0n) is 58.1. The molecule has 11 atom stereocenters. The number of aliphatic hydroxyl groups excluding tert-OH is 2. The molecule has 13 amide bonds. The molecule has 0 spiro atoms. The van der Waals surface area contributed by atoms with Crippen LogP contribution in [0.1, 0.15) is 103 Å². The second kappa shape index (κ2) is 49.8. The van der Waals surface area contributed by atoms with Gasteiger partial charge in [0.15, 0.2) is 11.9 Å². The SMILES string of the molecule is CC(=O)O.CC(NC(=O)CNC(=O)C(NC(=O)C(Cc1ccc(F)cc1)NC(=O)CNC(=O)CNC(=O)C(N)Cc1ccccc1)C(C)O)C(=O)NC(CCCN=C(N)N)C(=O)NC(CCCCN)C(=O)NC(CO)C(=O)NC(C)C(=O)NC(CCCN=C(N)N)C(=O)NC(CCCCN)C(N)=O. The molecule has 39 nitrogen and oxygen atoms in total. The Balaban J connectivity index is 0.0000129. The number of nitrogens with zero attached hydrogens (tertiary/aromatic N) is 2. The van der Waals surface area contributed by atoms with Gasteiger partial charge in [-0.2, -0.15) is 0 Å². The lowest BCUT2D eigenvalue weighted by molar-refractivity contribution is -0.136. The highest BCUT2D eigenvalue weighted by Crippen LogP contribution is 2.11. The van der Waals surface area contributed by atoms with Crippen molar-refractivity contribution < 1.29 is 86.8 Å². The van der Waals surface area contributed by atoms with E-state index in [1.54, 1.807) is 30.3 Å². The Morgan fingerprint density at radius 1 is 0.447 bits per heavy atom. The number of hydrogen-bond donors (Lipinski definition) is 23. The molecule has 2 rings (SSSR count). The van der Waals surface area contributed by atoms with Gasteiger partial charge in [0.05, 0.1) is 38.4 Å². The van der Waals surface area contributed by atoms with E-state index in [2.05, 4.69) is 73.8 Å². The maximum absolute atomic E-state index is 14.1. The van der Waals surface area contributed by atoms with E-state index >= 15 is 0 Å². The van der Waals surface area contributed by atoms with Gasteiger partial charge in [0.25, 0.3) is 5.97 Å². The molecule has 0 bridgehead atoms. The number of nitrogens with one attached hydrogen (secondary N) is 12. The molecule has 31 N–H and O–H groups in total. The molecule has 2 aromatic carbocycles. The van der Waals surface area contributed by atoms with E-state index < -0.39 is 181 Å². The molecule has 574 valence electrons. The highest BCUT2D eigenvalue weighted by molar-refractivity contribution is 5.99. The lowest BCUT2D eigenvalue weighted by Crippen LogP contribution is -2.60. The third-order valence-electron chi connectivity index (χ3n) is 14.7. The normalized spacial score (nSPS) is 13.9. The van der Waals surface area contributed by atoms with E-state index in [0.29, 0.717) is 31.4 Å². The summed E-state index contributed by atoms with van der Waals surface area (Å²) in [5.74, 6) is -13.9. The van der Waals surface area contributed by atoms with Gasteiger partial charge in [0.1, 0.15) is 60.2 Å². The molecule has 0 saturated heterocycles. The summed E-state index contributed by atoms with van der Waals surface area (Å²) in [6.45, 7) is 2.07. The number of carboxylic acids is 1. The molecular weight excluding hydrogens is 1360 g/mol. The number of unbranched alkanes of at least 4 members (excludes halogenated alkanes) is 2. The number of carbonyl (C=O) groups excluding carboxylic acids is 13. The first-order valence-electron chi connectivity index (χ1n) is 33.0. The zero-order valence-corrected chi connectivity index (χ0v) is 58.1. The van der Waals surface area contributed by atoms with Crippen LogP contribution in [0.4, 0.5) is 4.39 Å². The molecule has 0 aliphatic rings. The molecule has 2 aromatic rings. The van der Waals surface area contributed by atoms with Gasteiger partial charge in [-0.05, 0) is 128 Å². The van der Waals surface area contributed by atoms with Crippen LogP contribution in [0.25, 0.3) is 0 Å². The number of carbonyl (C=O) groups is 14. The number of amides is 13. The average molecular weight is 1460 g/mol. The molecule has 0 radical (unpaired) electrons. The minimum absolute atomic E-state index is 0.0376. The maximum Gasteiger partial charge on any atom is 0.300 e. The van der Waals surface area contributed by atoms with Crippen LogP contribution < -0.4 is 110 Å². The molecular formula is C63H103FN22O17. The van der Waals surface area contributed by atoms with Crippen LogP contribution in [0.15, 0.2) is 64.6 Å². The maximum atomic E-state index is 14.1. The summed E-state index contributed by atoms with van der Waals surface area (Å²) in [6.07, 6.45) is -0.0860. The predicted octanol–water partition coefficient (Wildman–Crippen LogP) is -9.00. The predicted molar refractivity (Wildman–Crippen MR) is 373 cm³/mol. The summed E-state index contributed by atoms with van der Waals surface area (Å²) in [5.41, 5.74) is 45.7. The van der Waals surface area contributed by atoms with Gasteiger partial charge < -0.3 is 125 Å². The molecule has 0 saturated carbocycles. The Hall–Kier alpha value is -10.7. The highest BCUT2D eigenvalue weighted by atomic mass is 19.1. The number of rotatable bonds is 47. The van der Waals surface area contributed by atoms with E-state index in [1.165, 1.54) is 26.0 Å². The number of aliphatic imine (C=N–C) groups is 2. The van der Waals surface area contributed by atoms with Gasteiger partial charge in [0.2, 0.25) is 76.8 Å². The Labute approximate surface area is 594 Å². The van der Waals surface area contributed by atoms with Crippen LogP contribution in [0, 0.1) is 5.82 Å². The summed E-state index contributed by atoms with van der Waals surface area (Å²) in [6, 6.07) is -0.501. The van der Waals surface area contributed by atoms with Crippen LogP contribution in [-0.2, 0) is 80.0 Å². The lowest BCUT2D eigenvalue weighted by atomic mass is 10.0. The second-order valence-corrected chi connectivity index (χ2v) is 23.6. The largest absolute Gasteiger partial charge is 0.481 e. The second-order valence-electron chi connectivity index (χ2n) is 23.6. The number of benzene rings is 2. The number of primary amides is 1. The fraction of sp³-hybridized carbons (Fsp3) is 0.556. The van der Waals surface area contributed by atoms with Crippen LogP contribution >= 0.6 is 0 Å². The fourth-order valence-corrected chi connectivity index (χ4v) is 9.17. The van der Waals surface area contributed by atoms with Crippen molar-refractivity contribution in [2.45, 2.75) is 171 Å². The molecule has 11 unspecified atom stereocenters. The van der Waals surface area contributed by atoms with Crippen LogP contribution in [0.3, 0.4) is 0 Å². The van der Waals surface area contributed by atoms with Crippen molar-refractivity contribution in [3.63, 3.8) is 0 Å². The Morgan fingerprint density at radius 3 is 1.32 bits per heavy atom. The van der Waals surface area contributed by atoms with Gasteiger partial charge in [-0.15, -0.1) is 0 Å². The third kappa shape index (κ3) is 39.2. The van der Waals surface area contributed by atoms with Gasteiger partial charge in [-0.25, -0.2) is 4.39 Å². The van der Waals surface area contributed by atoms with E-state index in [4.69, 9.17) is 55.8 Å².